The van der Waals surface area contributed by atoms with Gasteiger partial charge >= 0.3 is 0 Å². The molecular formula is C21H36BrN5O2. The van der Waals surface area contributed by atoms with E-state index in [4.69, 9.17) is 0 Å². The lowest BCUT2D eigenvalue weighted by Crippen LogP contribution is -2.38. The molecule has 8 heteroatoms. The minimum Gasteiger partial charge on any atom is -0.357 e. The third kappa shape index (κ3) is 13.6. The van der Waals surface area contributed by atoms with Gasteiger partial charge in [-0.3, -0.25) is 9.59 Å². The van der Waals surface area contributed by atoms with Crippen LogP contribution in [0, 0.1) is 0 Å². The summed E-state index contributed by atoms with van der Waals surface area (Å²) in [5.74, 6) is 0.514. The zero-order chi connectivity index (χ0) is 22.7. The Balaban J connectivity index is 0. The average molecular weight is 470 g/mol. The Morgan fingerprint density at radius 3 is 2.31 bits per heavy atom. The van der Waals surface area contributed by atoms with E-state index in [9.17, 15) is 9.59 Å². The summed E-state index contributed by atoms with van der Waals surface area (Å²) in [5.41, 5.74) is 1.22. The van der Waals surface area contributed by atoms with E-state index < -0.39 is 0 Å². The fraction of sp³-hybridized carbons (Fsp3) is 0.476. The topological polar surface area (TPSA) is 86.4 Å². The number of allylic oxidation sites excluding steroid dienone is 4. The quantitative estimate of drug-likeness (QED) is 0.210. The summed E-state index contributed by atoms with van der Waals surface area (Å²) >= 11 is 3.33. The number of carbonyl (C=O) groups excluding carboxylic acids is 2. The molecule has 0 aliphatic carbocycles. The van der Waals surface area contributed by atoms with Gasteiger partial charge in [0.1, 0.15) is 5.82 Å². The third-order valence-corrected chi connectivity index (χ3v) is 3.43. The van der Waals surface area contributed by atoms with Crippen LogP contribution in [0.15, 0.2) is 40.7 Å². The van der Waals surface area contributed by atoms with Crippen molar-refractivity contribution in [2.45, 2.75) is 41.5 Å². The third-order valence-electron chi connectivity index (χ3n) is 3.17. The van der Waals surface area contributed by atoms with Crippen LogP contribution in [-0.4, -0.2) is 44.1 Å². The molecule has 3 N–H and O–H groups in total. The van der Waals surface area contributed by atoms with Gasteiger partial charge in [0.15, 0.2) is 0 Å². The van der Waals surface area contributed by atoms with Crippen molar-refractivity contribution in [1.82, 2.24) is 20.9 Å². The Kier molecular flexibility index (Phi) is 19.2. The number of nitrogens with zero attached hydrogens (tertiary/aromatic N) is 2. The first-order valence-electron chi connectivity index (χ1n) is 9.82. The van der Waals surface area contributed by atoms with E-state index in [-0.39, 0.29) is 5.91 Å². The van der Waals surface area contributed by atoms with Crippen molar-refractivity contribution in [2.24, 2.45) is 0 Å². The smallest absolute Gasteiger partial charge is 0.256 e. The maximum absolute atomic E-state index is 12.2. The maximum Gasteiger partial charge on any atom is 0.256 e. The van der Waals surface area contributed by atoms with Crippen LogP contribution in [0.3, 0.4) is 0 Å². The first-order valence-corrected chi connectivity index (χ1v) is 10.6. The summed E-state index contributed by atoms with van der Waals surface area (Å²) in [5, 5.41) is 8.48. The van der Waals surface area contributed by atoms with Gasteiger partial charge in [0.25, 0.3) is 5.91 Å². The van der Waals surface area contributed by atoms with Crippen molar-refractivity contribution in [3.63, 3.8) is 0 Å². The summed E-state index contributed by atoms with van der Waals surface area (Å²) in [7, 11) is 1.83. The lowest BCUT2D eigenvalue weighted by atomic mass is 10.2. The molecule has 7 nitrogen and oxygen atoms in total. The molecule has 0 aliphatic rings. The largest absolute Gasteiger partial charge is 0.357 e. The van der Waals surface area contributed by atoms with Gasteiger partial charge in [-0.15, -0.1) is 0 Å². The molecule has 0 aromatic carbocycles. The average Bonchev–Trinajstić information content (AvgIpc) is 2.75. The van der Waals surface area contributed by atoms with Crippen LogP contribution in [0.4, 0.5) is 5.82 Å². The van der Waals surface area contributed by atoms with E-state index in [1.165, 1.54) is 0 Å². The SMILES string of the molecule is CC.CC.CNCN(CCNC=O)c1ccc(C(=O)N/C(C)=C/C=C(\C)Br)cn1. The van der Waals surface area contributed by atoms with Crippen LogP contribution >= 0.6 is 15.9 Å². The number of amides is 2. The molecule has 0 unspecified atom stereocenters. The highest BCUT2D eigenvalue weighted by molar-refractivity contribution is 9.11. The van der Waals surface area contributed by atoms with Crippen molar-refractivity contribution < 1.29 is 9.59 Å². The highest BCUT2D eigenvalue weighted by Crippen LogP contribution is 2.11. The maximum atomic E-state index is 12.2. The summed E-state index contributed by atoms with van der Waals surface area (Å²) in [6.45, 7) is 13.4. The van der Waals surface area contributed by atoms with Gasteiger partial charge < -0.3 is 20.9 Å². The molecule has 1 heterocycles. The number of carbonyl (C=O) groups is 2. The normalized spacial score (nSPS) is 10.6. The molecule has 2 amide bonds. The van der Waals surface area contributed by atoms with Crippen LogP contribution < -0.4 is 20.9 Å². The molecule has 1 aromatic rings. The number of hydrogen-bond acceptors (Lipinski definition) is 5. The fourth-order valence-corrected chi connectivity index (χ4v) is 2.10. The molecule has 0 saturated heterocycles. The molecule has 0 bridgehead atoms. The summed E-state index contributed by atoms with van der Waals surface area (Å²) in [6, 6.07) is 3.51. The van der Waals surface area contributed by atoms with Gasteiger partial charge in [-0.1, -0.05) is 49.7 Å². The molecular weight excluding hydrogens is 434 g/mol. The Bertz CT molecular complexity index is 626. The lowest BCUT2D eigenvalue weighted by molar-refractivity contribution is -0.109. The van der Waals surface area contributed by atoms with Crippen LogP contribution in [0.25, 0.3) is 0 Å². The second kappa shape index (κ2) is 19.1. The highest BCUT2D eigenvalue weighted by Gasteiger charge is 2.10. The minimum atomic E-state index is -0.212. The molecule has 29 heavy (non-hydrogen) atoms. The van der Waals surface area contributed by atoms with Gasteiger partial charge in [-0.05, 0) is 43.6 Å². The van der Waals surface area contributed by atoms with E-state index in [0.29, 0.717) is 31.7 Å². The molecule has 0 saturated carbocycles. The van der Waals surface area contributed by atoms with Crippen molar-refractivity contribution in [2.75, 3.05) is 31.7 Å². The first-order chi connectivity index (χ1) is 14.0. The minimum absolute atomic E-state index is 0.212. The van der Waals surface area contributed by atoms with E-state index in [1.807, 2.05) is 65.6 Å². The number of aromatic nitrogens is 1. The number of anilines is 1. The molecule has 0 fully saturated rings. The van der Waals surface area contributed by atoms with Crippen LogP contribution in [0.2, 0.25) is 0 Å². The molecule has 0 atom stereocenters. The molecule has 0 spiro atoms. The number of pyridine rings is 1. The number of rotatable bonds is 10. The zero-order valence-corrected chi connectivity index (χ0v) is 20.3. The molecule has 0 radical (unpaired) electrons. The molecule has 164 valence electrons. The van der Waals surface area contributed by atoms with Gasteiger partial charge in [-0.2, -0.15) is 0 Å². The van der Waals surface area contributed by atoms with E-state index in [1.54, 1.807) is 18.3 Å². The van der Waals surface area contributed by atoms with Crippen molar-refractivity contribution in [1.29, 1.82) is 0 Å². The molecule has 1 rings (SSSR count). The van der Waals surface area contributed by atoms with E-state index >= 15 is 0 Å². The standard InChI is InChI=1S/C17H24BrN5O2.2C2H6/c1-13(18)4-5-14(2)22-17(25)15-6-7-16(21-10-15)23(11-19-3)9-8-20-12-24;2*1-2/h4-7,10,12,19H,8-9,11H2,1-3H3,(H,20,24)(H,22,25);2*1-2H3/b13-4+,14-5+;;. The Hall–Kier alpha value is -2.19. The van der Waals surface area contributed by atoms with Crippen molar-refractivity contribution in [3.05, 3.63) is 46.2 Å². The number of nitrogens with one attached hydrogen (secondary N) is 3. The zero-order valence-electron chi connectivity index (χ0n) is 18.7. The van der Waals surface area contributed by atoms with E-state index in [0.717, 1.165) is 16.0 Å². The van der Waals surface area contributed by atoms with Crippen molar-refractivity contribution in [3.8, 4) is 0 Å². The predicted octanol–water partition coefficient (Wildman–Crippen LogP) is 3.80. The monoisotopic (exact) mass is 469 g/mol. The second-order valence-electron chi connectivity index (χ2n) is 5.31. The van der Waals surface area contributed by atoms with Crippen LogP contribution in [0.5, 0.6) is 0 Å². The molecule has 0 aliphatic heterocycles. The van der Waals surface area contributed by atoms with Gasteiger partial charge in [-0.25, -0.2) is 4.98 Å². The van der Waals surface area contributed by atoms with Gasteiger partial charge in [0.05, 0.1) is 12.2 Å². The predicted molar refractivity (Wildman–Crippen MR) is 126 cm³/mol. The summed E-state index contributed by atoms with van der Waals surface area (Å²) < 4.78 is 0.973. The lowest BCUT2D eigenvalue weighted by Gasteiger charge is -2.23. The Labute approximate surface area is 184 Å². The Morgan fingerprint density at radius 2 is 1.83 bits per heavy atom. The van der Waals surface area contributed by atoms with Crippen LogP contribution in [0.1, 0.15) is 51.9 Å². The summed E-state index contributed by atoms with van der Waals surface area (Å²) in [6.07, 6.45) is 5.89. The number of halogens is 1. The van der Waals surface area contributed by atoms with Gasteiger partial charge in [0.2, 0.25) is 6.41 Å². The van der Waals surface area contributed by atoms with E-state index in [2.05, 4.69) is 36.9 Å². The molecule has 1 aromatic heterocycles. The Morgan fingerprint density at radius 1 is 1.17 bits per heavy atom. The van der Waals surface area contributed by atoms with Crippen molar-refractivity contribution >= 4 is 34.1 Å². The second-order valence-corrected chi connectivity index (χ2v) is 6.56. The fourth-order valence-electron chi connectivity index (χ4n) is 1.96. The van der Waals surface area contributed by atoms with Crippen LogP contribution in [-0.2, 0) is 4.79 Å². The first kappa shape index (κ1) is 29.0. The van der Waals surface area contributed by atoms with Gasteiger partial charge in [0, 0.05) is 25.0 Å². The highest BCUT2D eigenvalue weighted by atomic mass is 79.9. The number of hydrogen-bond donors (Lipinski definition) is 3. The summed E-state index contributed by atoms with van der Waals surface area (Å²) in [4.78, 5) is 28.9.